The number of nitrogens with zero attached hydrogens (tertiary/aromatic N) is 5. The number of aryl methyl sites for hydroxylation is 2. The van der Waals surface area contributed by atoms with Crippen LogP contribution >= 0.6 is 0 Å². The highest BCUT2D eigenvalue weighted by Gasteiger charge is 2.16. The first kappa shape index (κ1) is 11.4. The van der Waals surface area contributed by atoms with Crippen molar-refractivity contribution in [1.29, 1.82) is 0 Å². The van der Waals surface area contributed by atoms with Crippen molar-refractivity contribution in [2.75, 3.05) is 0 Å². The first-order valence-electron chi connectivity index (χ1n) is 6.72. The molecule has 0 saturated heterocycles. The number of hydrogen-bond donors (Lipinski definition) is 0. The molecule has 0 atom stereocenters. The Morgan fingerprint density at radius 1 is 1.22 bits per heavy atom. The van der Waals surface area contributed by atoms with Gasteiger partial charge < -0.3 is 4.57 Å². The Labute approximate surface area is 107 Å². The van der Waals surface area contributed by atoms with Crippen LogP contribution in [0.5, 0.6) is 0 Å². The Balaban J connectivity index is 1.90. The molecule has 5 heteroatoms. The van der Waals surface area contributed by atoms with Crippen LogP contribution in [0.1, 0.15) is 42.7 Å². The van der Waals surface area contributed by atoms with Crippen LogP contribution in [-0.2, 0) is 25.9 Å². The Bertz CT molecular complexity index is 552. The van der Waals surface area contributed by atoms with Gasteiger partial charge >= 0.3 is 0 Å². The minimum absolute atomic E-state index is 0.740. The van der Waals surface area contributed by atoms with Gasteiger partial charge in [0.05, 0.1) is 6.20 Å². The SMILES string of the molecule is CCn1c(C)nnc1Cn1ncc2c1CCCC2. The molecule has 0 fully saturated rings. The summed E-state index contributed by atoms with van der Waals surface area (Å²) in [6.07, 6.45) is 6.92. The van der Waals surface area contributed by atoms with Gasteiger partial charge in [0.2, 0.25) is 0 Å². The van der Waals surface area contributed by atoms with E-state index in [9.17, 15) is 0 Å². The largest absolute Gasteiger partial charge is 0.314 e. The van der Waals surface area contributed by atoms with Crippen LogP contribution in [0.4, 0.5) is 0 Å². The van der Waals surface area contributed by atoms with E-state index in [0.29, 0.717) is 0 Å². The zero-order valence-electron chi connectivity index (χ0n) is 11.1. The molecule has 0 unspecified atom stereocenters. The van der Waals surface area contributed by atoms with Crippen molar-refractivity contribution in [3.05, 3.63) is 29.1 Å². The molecule has 1 aliphatic carbocycles. The van der Waals surface area contributed by atoms with E-state index in [2.05, 4.69) is 31.5 Å². The van der Waals surface area contributed by atoms with Crippen molar-refractivity contribution in [1.82, 2.24) is 24.5 Å². The van der Waals surface area contributed by atoms with Crippen molar-refractivity contribution < 1.29 is 0 Å². The quantitative estimate of drug-likeness (QED) is 0.827. The molecule has 18 heavy (non-hydrogen) atoms. The molecule has 2 aromatic heterocycles. The van der Waals surface area contributed by atoms with Gasteiger partial charge in [-0.2, -0.15) is 5.10 Å². The lowest BCUT2D eigenvalue weighted by atomic mass is 9.98. The summed E-state index contributed by atoms with van der Waals surface area (Å²) in [5.74, 6) is 1.99. The van der Waals surface area contributed by atoms with E-state index >= 15 is 0 Å². The molecule has 3 rings (SSSR count). The van der Waals surface area contributed by atoms with Crippen molar-refractivity contribution in [2.24, 2.45) is 0 Å². The van der Waals surface area contributed by atoms with Gasteiger partial charge in [0.1, 0.15) is 12.4 Å². The number of hydrogen-bond acceptors (Lipinski definition) is 3. The van der Waals surface area contributed by atoms with Crippen LogP contribution in [0.15, 0.2) is 6.20 Å². The minimum Gasteiger partial charge on any atom is -0.314 e. The van der Waals surface area contributed by atoms with Gasteiger partial charge in [-0.15, -0.1) is 10.2 Å². The molecule has 1 aliphatic rings. The Morgan fingerprint density at radius 2 is 2.06 bits per heavy atom. The lowest BCUT2D eigenvalue weighted by molar-refractivity contribution is 0.558. The molecular formula is C13H19N5. The highest BCUT2D eigenvalue weighted by atomic mass is 15.3. The van der Waals surface area contributed by atoms with Crippen LogP contribution in [0.2, 0.25) is 0 Å². The van der Waals surface area contributed by atoms with Crippen molar-refractivity contribution >= 4 is 0 Å². The van der Waals surface area contributed by atoms with Crippen LogP contribution in [-0.4, -0.2) is 24.5 Å². The predicted octanol–water partition coefficient (Wildman–Crippen LogP) is 1.73. The second kappa shape index (κ2) is 4.55. The maximum atomic E-state index is 4.51. The summed E-state index contributed by atoms with van der Waals surface area (Å²) in [4.78, 5) is 0. The first-order chi connectivity index (χ1) is 8.79. The first-order valence-corrected chi connectivity index (χ1v) is 6.72. The molecule has 0 saturated carbocycles. The standard InChI is InChI=1S/C13H19N5/c1-3-17-10(2)15-16-13(17)9-18-12-7-5-4-6-11(12)8-14-18/h8H,3-7,9H2,1-2H3. The topological polar surface area (TPSA) is 48.5 Å². The molecule has 0 amide bonds. The second-order valence-electron chi connectivity index (χ2n) is 4.89. The summed E-state index contributed by atoms with van der Waals surface area (Å²) in [6, 6.07) is 0. The second-order valence-corrected chi connectivity index (χ2v) is 4.89. The maximum Gasteiger partial charge on any atom is 0.154 e. The molecule has 96 valence electrons. The average Bonchev–Trinajstić information content (AvgIpc) is 2.95. The Hall–Kier alpha value is -1.65. The van der Waals surface area contributed by atoms with Crippen LogP contribution in [0.25, 0.3) is 0 Å². The summed E-state index contributed by atoms with van der Waals surface area (Å²) in [6.45, 7) is 5.78. The molecule has 2 aromatic rings. The molecule has 0 bridgehead atoms. The van der Waals surface area contributed by atoms with Crippen LogP contribution in [0.3, 0.4) is 0 Å². The summed E-state index contributed by atoms with van der Waals surface area (Å²) in [5.41, 5.74) is 2.81. The van der Waals surface area contributed by atoms with E-state index in [1.807, 2.05) is 13.1 Å². The molecule has 0 N–H and O–H groups in total. The number of rotatable bonds is 3. The van der Waals surface area contributed by atoms with E-state index in [-0.39, 0.29) is 0 Å². The normalized spacial score (nSPS) is 14.8. The summed E-state index contributed by atoms with van der Waals surface area (Å²) in [7, 11) is 0. The zero-order valence-corrected chi connectivity index (χ0v) is 11.1. The zero-order chi connectivity index (χ0) is 12.5. The maximum absolute atomic E-state index is 4.51. The number of fused-ring (bicyclic) bond motifs is 1. The van der Waals surface area contributed by atoms with Crippen LogP contribution < -0.4 is 0 Å². The van der Waals surface area contributed by atoms with Crippen molar-refractivity contribution in [3.8, 4) is 0 Å². The van der Waals surface area contributed by atoms with Gasteiger partial charge in [0.15, 0.2) is 5.82 Å². The Kier molecular flexibility index (Phi) is 2.89. The van der Waals surface area contributed by atoms with Gasteiger partial charge in [0.25, 0.3) is 0 Å². The monoisotopic (exact) mass is 245 g/mol. The fourth-order valence-electron chi connectivity index (χ4n) is 2.78. The molecular weight excluding hydrogens is 226 g/mol. The summed E-state index contributed by atoms with van der Waals surface area (Å²) < 4.78 is 4.25. The fraction of sp³-hybridized carbons (Fsp3) is 0.615. The fourth-order valence-corrected chi connectivity index (χ4v) is 2.78. The molecule has 0 spiro atoms. The molecule has 2 heterocycles. The molecule has 0 radical (unpaired) electrons. The lowest BCUT2D eigenvalue weighted by Gasteiger charge is -2.14. The van der Waals surface area contributed by atoms with Gasteiger partial charge in [0, 0.05) is 12.2 Å². The third kappa shape index (κ3) is 1.83. The van der Waals surface area contributed by atoms with Gasteiger partial charge in [-0.1, -0.05) is 0 Å². The predicted molar refractivity (Wildman–Crippen MR) is 68.4 cm³/mol. The van der Waals surface area contributed by atoms with Crippen molar-refractivity contribution in [3.63, 3.8) is 0 Å². The minimum atomic E-state index is 0.740. The van der Waals surface area contributed by atoms with E-state index in [1.54, 1.807) is 0 Å². The van der Waals surface area contributed by atoms with E-state index in [4.69, 9.17) is 0 Å². The smallest absolute Gasteiger partial charge is 0.154 e. The molecule has 5 nitrogen and oxygen atoms in total. The number of aromatic nitrogens is 5. The van der Waals surface area contributed by atoms with Gasteiger partial charge in [-0.05, 0) is 45.1 Å². The van der Waals surface area contributed by atoms with E-state index < -0.39 is 0 Å². The summed E-state index contributed by atoms with van der Waals surface area (Å²) >= 11 is 0. The Morgan fingerprint density at radius 3 is 2.89 bits per heavy atom. The van der Waals surface area contributed by atoms with Gasteiger partial charge in [-0.25, -0.2) is 0 Å². The highest BCUT2D eigenvalue weighted by molar-refractivity contribution is 5.21. The third-order valence-electron chi connectivity index (χ3n) is 3.76. The third-order valence-corrected chi connectivity index (χ3v) is 3.76. The molecule has 0 aliphatic heterocycles. The molecule has 0 aromatic carbocycles. The lowest BCUT2D eigenvalue weighted by Crippen LogP contribution is -2.14. The highest BCUT2D eigenvalue weighted by Crippen LogP contribution is 2.21. The van der Waals surface area contributed by atoms with Crippen LogP contribution in [0, 0.1) is 6.92 Å². The van der Waals surface area contributed by atoms with Crippen molar-refractivity contribution in [2.45, 2.75) is 52.6 Å². The van der Waals surface area contributed by atoms with E-state index in [0.717, 1.165) is 31.2 Å². The average molecular weight is 245 g/mol. The van der Waals surface area contributed by atoms with E-state index in [1.165, 1.54) is 30.5 Å². The summed E-state index contributed by atoms with van der Waals surface area (Å²) in [5, 5.41) is 12.9. The van der Waals surface area contributed by atoms with Gasteiger partial charge in [-0.3, -0.25) is 4.68 Å².